The van der Waals surface area contributed by atoms with Crippen LogP contribution in [0.15, 0.2) is 66.9 Å². The minimum Gasteiger partial charge on any atom is -0.360 e. The molecule has 33 heavy (non-hydrogen) atoms. The van der Waals surface area contributed by atoms with Crippen molar-refractivity contribution in [3.8, 4) is 11.3 Å². The highest BCUT2D eigenvalue weighted by atomic mass is 16.2. The number of aromatic nitrogens is 3. The summed E-state index contributed by atoms with van der Waals surface area (Å²) in [6.45, 7) is 2.03. The number of aromatic amines is 1. The van der Waals surface area contributed by atoms with Crippen molar-refractivity contribution in [1.29, 1.82) is 0 Å². The average molecular weight is 440 g/mol. The summed E-state index contributed by atoms with van der Waals surface area (Å²) in [4.78, 5) is 30.7. The lowest BCUT2D eigenvalue weighted by atomic mass is 10.1. The summed E-state index contributed by atoms with van der Waals surface area (Å²) >= 11 is 0. The Morgan fingerprint density at radius 1 is 0.879 bits per heavy atom. The second-order valence-corrected chi connectivity index (χ2v) is 8.29. The summed E-state index contributed by atoms with van der Waals surface area (Å²) in [6, 6.07) is 18.6. The van der Waals surface area contributed by atoms with Crippen molar-refractivity contribution in [2.45, 2.75) is 25.7 Å². The van der Waals surface area contributed by atoms with E-state index in [1.54, 1.807) is 18.3 Å². The van der Waals surface area contributed by atoms with E-state index in [1.807, 2.05) is 48.5 Å². The maximum Gasteiger partial charge on any atom is 0.296 e. The first-order valence-electron chi connectivity index (χ1n) is 11.3. The first-order valence-corrected chi connectivity index (χ1v) is 11.3. The molecule has 1 fully saturated rings. The molecular formula is C26H25N5O2. The van der Waals surface area contributed by atoms with Crippen molar-refractivity contribution in [2.75, 3.05) is 23.3 Å². The topological polar surface area (TPSA) is 91.0 Å². The van der Waals surface area contributed by atoms with Gasteiger partial charge in [0.05, 0.1) is 11.3 Å². The van der Waals surface area contributed by atoms with Gasteiger partial charge in [-0.25, -0.2) is 0 Å². The molecule has 0 bridgehead atoms. The van der Waals surface area contributed by atoms with Crippen LogP contribution in [0.25, 0.3) is 22.2 Å². The number of Topliss-reactive ketones (excluding diaryl/α,β-unsaturated/α-hetero) is 1. The molecule has 2 aromatic heterocycles. The molecule has 0 atom stereocenters. The van der Waals surface area contributed by atoms with Crippen LogP contribution in [0.4, 0.5) is 11.5 Å². The summed E-state index contributed by atoms with van der Waals surface area (Å²) in [5.41, 5.74) is 3.24. The van der Waals surface area contributed by atoms with Crippen molar-refractivity contribution >= 4 is 34.1 Å². The number of para-hydroxylation sites is 1. The monoisotopic (exact) mass is 439 g/mol. The fraction of sp³-hybridized carbons (Fsp3) is 0.231. The van der Waals surface area contributed by atoms with Crippen LogP contribution in [0, 0.1) is 0 Å². The van der Waals surface area contributed by atoms with Crippen molar-refractivity contribution in [3.63, 3.8) is 0 Å². The molecule has 3 heterocycles. The number of ketones is 1. The summed E-state index contributed by atoms with van der Waals surface area (Å²) < 4.78 is 0. The van der Waals surface area contributed by atoms with E-state index in [0.717, 1.165) is 35.4 Å². The van der Waals surface area contributed by atoms with Crippen molar-refractivity contribution in [1.82, 2.24) is 15.2 Å². The van der Waals surface area contributed by atoms with Gasteiger partial charge in [0.15, 0.2) is 5.82 Å². The van der Waals surface area contributed by atoms with Gasteiger partial charge in [0.1, 0.15) is 0 Å². The molecule has 166 valence electrons. The zero-order chi connectivity index (χ0) is 22.6. The summed E-state index contributed by atoms with van der Waals surface area (Å²) in [6.07, 6.45) is 6.47. The molecule has 1 aliphatic rings. The Balaban J connectivity index is 1.31. The van der Waals surface area contributed by atoms with Crippen molar-refractivity contribution < 1.29 is 9.59 Å². The number of carbonyl (C=O) groups excluding carboxylic acids is 2. The summed E-state index contributed by atoms with van der Waals surface area (Å²) in [5.74, 6) is -0.367. The molecular weight excluding hydrogens is 414 g/mol. The van der Waals surface area contributed by atoms with Crippen LogP contribution in [-0.4, -0.2) is 40.0 Å². The quantitative estimate of drug-likeness (QED) is 0.343. The molecule has 2 aromatic carbocycles. The number of rotatable bonds is 5. The number of hydrogen-bond acceptors (Lipinski definition) is 5. The van der Waals surface area contributed by atoms with E-state index >= 15 is 0 Å². The van der Waals surface area contributed by atoms with E-state index in [9.17, 15) is 9.59 Å². The van der Waals surface area contributed by atoms with E-state index in [-0.39, 0.29) is 0 Å². The Morgan fingerprint density at radius 2 is 1.70 bits per heavy atom. The molecule has 0 radical (unpaired) electrons. The van der Waals surface area contributed by atoms with Gasteiger partial charge in [0, 0.05) is 41.4 Å². The fourth-order valence-electron chi connectivity index (χ4n) is 4.27. The normalized spacial score (nSPS) is 14.1. The lowest BCUT2D eigenvalue weighted by Crippen LogP contribution is -2.25. The van der Waals surface area contributed by atoms with Crippen molar-refractivity contribution in [3.05, 3.63) is 72.4 Å². The highest BCUT2D eigenvalue weighted by Crippen LogP contribution is 2.24. The third-order valence-corrected chi connectivity index (χ3v) is 6.04. The Hall–Kier alpha value is -4.00. The van der Waals surface area contributed by atoms with Gasteiger partial charge in [-0.2, -0.15) is 0 Å². The lowest BCUT2D eigenvalue weighted by Gasteiger charge is -2.20. The minimum atomic E-state index is -0.681. The van der Waals surface area contributed by atoms with Crippen LogP contribution >= 0.6 is 0 Å². The van der Waals surface area contributed by atoms with Crippen LogP contribution in [0.2, 0.25) is 0 Å². The van der Waals surface area contributed by atoms with Gasteiger partial charge in [-0.15, -0.1) is 10.2 Å². The summed E-state index contributed by atoms with van der Waals surface area (Å²) in [7, 11) is 0. The van der Waals surface area contributed by atoms with E-state index < -0.39 is 11.7 Å². The molecule has 0 aliphatic carbocycles. The van der Waals surface area contributed by atoms with Crippen molar-refractivity contribution in [2.24, 2.45) is 0 Å². The number of amides is 1. The molecule has 7 nitrogen and oxygen atoms in total. The highest BCUT2D eigenvalue weighted by molar-refractivity contribution is 6.48. The number of anilines is 2. The van der Waals surface area contributed by atoms with Gasteiger partial charge >= 0.3 is 0 Å². The molecule has 7 heteroatoms. The average Bonchev–Trinajstić information content (AvgIpc) is 3.09. The second-order valence-electron chi connectivity index (χ2n) is 8.29. The number of carbonyl (C=O) groups is 2. The molecule has 2 N–H and O–H groups in total. The third-order valence-electron chi connectivity index (χ3n) is 6.04. The molecule has 0 saturated carbocycles. The number of fused-ring (bicyclic) bond motifs is 1. The van der Waals surface area contributed by atoms with Gasteiger partial charge in [-0.05, 0) is 43.2 Å². The standard InChI is InChI=1S/C26H25N5O2/c32-25(21-17-27-23-11-4-3-10-20(21)23)26(33)28-19-9-7-8-18(16-19)22-12-13-24(30-29-22)31-14-5-1-2-6-15-31/h3-4,7-13,16-17,27H,1-2,5-6,14-15H2,(H,28,33). The molecule has 1 saturated heterocycles. The minimum absolute atomic E-state index is 0.356. The molecule has 1 amide bonds. The van der Waals surface area contributed by atoms with Crippen LogP contribution in [0.5, 0.6) is 0 Å². The number of benzene rings is 2. The number of hydrogen-bond donors (Lipinski definition) is 2. The van der Waals surface area contributed by atoms with E-state index in [2.05, 4.69) is 25.4 Å². The largest absolute Gasteiger partial charge is 0.360 e. The predicted molar refractivity (Wildman–Crippen MR) is 129 cm³/mol. The zero-order valence-corrected chi connectivity index (χ0v) is 18.3. The molecule has 5 rings (SSSR count). The van der Waals surface area contributed by atoms with Crippen LogP contribution in [0.3, 0.4) is 0 Å². The smallest absolute Gasteiger partial charge is 0.296 e. The van der Waals surface area contributed by atoms with Gasteiger partial charge in [-0.3, -0.25) is 9.59 Å². The molecule has 0 spiro atoms. The fourth-order valence-corrected chi connectivity index (χ4v) is 4.27. The number of nitrogens with one attached hydrogen (secondary N) is 2. The molecule has 1 aliphatic heterocycles. The number of nitrogens with zero attached hydrogens (tertiary/aromatic N) is 3. The molecule has 4 aromatic rings. The molecule has 0 unspecified atom stereocenters. The highest BCUT2D eigenvalue weighted by Gasteiger charge is 2.20. The zero-order valence-electron chi connectivity index (χ0n) is 18.3. The van der Waals surface area contributed by atoms with E-state index in [4.69, 9.17) is 0 Å². The second kappa shape index (κ2) is 9.24. The Bertz CT molecular complexity index is 1290. The lowest BCUT2D eigenvalue weighted by molar-refractivity contribution is -0.112. The van der Waals surface area contributed by atoms with Crippen LogP contribution in [-0.2, 0) is 4.79 Å². The van der Waals surface area contributed by atoms with E-state index in [0.29, 0.717) is 16.9 Å². The maximum absolute atomic E-state index is 12.7. The maximum atomic E-state index is 12.7. The van der Waals surface area contributed by atoms with Crippen LogP contribution < -0.4 is 10.2 Å². The Labute approximate surface area is 191 Å². The number of H-pyrrole nitrogens is 1. The summed E-state index contributed by atoms with van der Waals surface area (Å²) in [5, 5.41) is 12.3. The first kappa shape index (κ1) is 20.9. The van der Waals surface area contributed by atoms with Crippen LogP contribution in [0.1, 0.15) is 36.0 Å². The van der Waals surface area contributed by atoms with Gasteiger partial charge in [-0.1, -0.05) is 43.2 Å². The SMILES string of the molecule is O=C(Nc1cccc(-c2ccc(N3CCCCCC3)nn2)c1)C(=O)c1c[nH]c2ccccc12. The Morgan fingerprint density at radius 3 is 2.48 bits per heavy atom. The predicted octanol–water partition coefficient (Wildman–Crippen LogP) is 4.83. The van der Waals surface area contributed by atoms with Gasteiger partial charge in [0.2, 0.25) is 0 Å². The van der Waals surface area contributed by atoms with Gasteiger partial charge < -0.3 is 15.2 Å². The third kappa shape index (κ3) is 4.48. The van der Waals surface area contributed by atoms with E-state index in [1.165, 1.54) is 25.7 Å². The first-order chi connectivity index (χ1) is 16.2. The Kier molecular flexibility index (Phi) is 5.85. The van der Waals surface area contributed by atoms with Gasteiger partial charge in [0.25, 0.3) is 11.7 Å².